The van der Waals surface area contributed by atoms with Crippen LogP contribution in [0, 0.1) is 0 Å². The summed E-state index contributed by atoms with van der Waals surface area (Å²) in [5.74, 6) is 0.283. The highest BCUT2D eigenvalue weighted by Crippen LogP contribution is 2.23. The highest BCUT2D eigenvalue weighted by Gasteiger charge is 2.25. The Morgan fingerprint density at radius 3 is 2.37 bits per heavy atom. The van der Waals surface area contributed by atoms with Gasteiger partial charge in [-0.2, -0.15) is 0 Å². The Bertz CT molecular complexity index is 841. The van der Waals surface area contributed by atoms with Gasteiger partial charge in [-0.05, 0) is 47.1 Å². The number of hydrogen-bond donors (Lipinski definition) is 2. The van der Waals surface area contributed by atoms with Crippen molar-refractivity contribution in [2.45, 2.75) is 70.4 Å². The zero-order valence-corrected chi connectivity index (χ0v) is 19.1. The van der Waals surface area contributed by atoms with Crippen molar-refractivity contribution in [3.63, 3.8) is 0 Å². The first kappa shape index (κ1) is 23.7. The van der Waals surface area contributed by atoms with Crippen LogP contribution in [0.1, 0.15) is 59.0 Å². The third-order valence-electron chi connectivity index (χ3n) is 3.53. The van der Waals surface area contributed by atoms with E-state index in [-0.39, 0.29) is 28.3 Å². The highest BCUT2D eigenvalue weighted by molar-refractivity contribution is 7.99. The van der Waals surface area contributed by atoms with E-state index < -0.39 is 17.7 Å². The molecule has 0 radical (unpaired) electrons. The first-order chi connectivity index (χ1) is 13.9. The summed E-state index contributed by atoms with van der Waals surface area (Å²) >= 11 is 1.15. The van der Waals surface area contributed by atoms with Crippen LogP contribution in [0.4, 0.5) is 4.79 Å². The van der Waals surface area contributed by atoms with E-state index in [1.165, 1.54) is 0 Å². The Balaban J connectivity index is 2.08. The van der Waals surface area contributed by atoms with Crippen molar-refractivity contribution in [1.29, 1.82) is 0 Å². The maximum atomic E-state index is 12.3. The van der Waals surface area contributed by atoms with Gasteiger partial charge in [-0.15, -0.1) is 10.2 Å². The average molecular weight is 435 g/mol. The number of ether oxygens (including phenoxy) is 1. The molecule has 0 spiro atoms. The molecule has 1 aromatic heterocycles. The number of amides is 2. The summed E-state index contributed by atoms with van der Waals surface area (Å²) in [5, 5.41) is 14.0. The maximum absolute atomic E-state index is 12.3. The van der Waals surface area contributed by atoms with Crippen LogP contribution in [-0.2, 0) is 16.0 Å². The molecule has 1 atom stereocenters. The molecule has 0 saturated heterocycles. The fourth-order valence-corrected chi connectivity index (χ4v) is 3.07. The molecular formula is C21H30N4O4S. The van der Waals surface area contributed by atoms with Crippen LogP contribution in [0.15, 0.2) is 40.0 Å². The van der Waals surface area contributed by atoms with E-state index in [1.54, 1.807) is 20.8 Å². The van der Waals surface area contributed by atoms with Gasteiger partial charge in [0.05, 0.1) is 5.75 Å². The second kappa shape index (κ2) is 9.97. The Morgan fingerprint density at radius 1 is 1.10 bits per heavy atom. The first-order valence-corrected chi connectivity index (χ1v) is 10.7. The Labute approximate surface area is 181 Å². The number of carbonyl (C=O) groups is 2. The summed E-state index contributed by atoms with van der Waals surface area (Å²) in [6.45, 7) is 11.1. The van der Waals surface area contributed by atoms with Gasteiger partial charge < -0.3 is 19.8 Å². The normalized spacial score (nSPS) is 12.9. The van der Waals surface area contributed by atoms with Gasteiger partial charge in [0.15, 0.2) is 0 Å². The fourth-order valence-electron chi connectivity index (χ4n) is 2.50. The molecule has 2 N–H and O–H groups in total. The Kier molecular flexibility index (Phi) is 7.89. The predicted molar refractivity (Wildman–Crippen MR) is 115 cm³/mol. The van der Waals surface area contributed by atoms with E-state index >= 15 is 0 Å². The molecule has 30 heavy (non-hydrogen) atoms. The summed E-state index contributed by atoms with van der Waals surface area (Å²) in [5.41, 5.74) is 0.0588. The summed E-state index contributed by atoms with van der Waals surface area (Å²) in [4.78, 5) is 24.3. The molecular weight excluding hydrogens is 404 g/mol. The summed E-state index contributed by atoms with van der Waals surface area (Å²) in [7, 11) is 0. The predicted octanol–water partition coefficient (Wildman–Crippen LogP) is 3.88. The lowest BCUT2D eigenvalue weighted by atomic mass is 10.1. The maximum Gasteiger partial charge on any atom is 0.408 e. The van der Waals surface area contributed by atoms with Crippen LogP contribution in [0.3, 0.4) is 0 Å². The molecule has 0 aliphatic heterocycles. The van der Waals surface area contributed by atoms with E-state index in [0.717, 1.165) is 17.3 Å². The zero-order valence-electron chi connectivity index (χ0n) is 18.3. The van der Waals surface area contributed by atoms with Gasteiger partial charge in [0.25, 0.3) is 5.22 Å². The van der Waals surface area contributed by atoms with Crippen molar-refractivity contribution < 1.29 is 18.7 Å². The van der Waals surface area contributed by atoms with Gasteiger partial charge in [-0.1, -0.05) is 42.1 Å². The molecule has 0 bridgehead atoms. The van der Waals surface area contributed by atoms with E-state index in [9.17, 15) is 9.59 Å². The minimum Gasteiger partial charge on any atom is -0.444 e. The summed E-state index contributed by atoms with van der Waals surface area (Å²) < 4.78 is 11.1. The monoisotopic (exact) mass is 434 g/mol. The molecule has 0 fully saturated rings. The number of rotatable bonds is 7. The molecule has 2 rings (SSSR count). The number of hydrogen-bond acceptors (Lipinski definition) is 7. The molecule has 0 aliphatic rings. The minimum atomic E-state index is -0.627. The smallest absolute Gasteiger partial charge is 0.408 e. The molecule has 1 heterocycles. The molecule has 1 aromatic carbocycles. The number of alkyl carbamates (subject to hydrolysis) is 1. The zero-order chi connectivity index (χ0) is 22.4. The third-order valence-corrected chi connectivity index (χ3v) is 4.35. The third kappa shape index (κ3) is 8.86. The van der Waals surface area contributed by atoms with Gasteiger partial charge >= 0.3 is 6.09 Å². The molecule has 0 saturated carbocycles. The van der Waals surface area contributed by atoms with Crippen LogP contribution >= 0.6 is 11.8 Å². The fraction of sp³-hybridized carbons (Fsp3) is 0.524. The second-order valence-corrected chi connectivity index (χ2v) is 9.81. The number of nitrogens with zero attached hydrogens (tertiary/aromatic N) is 2. The SMILES string of the molecule is CC(C)(C)NC(=O)CSc1nnc(C(Cc2ccccc2)NC(=O)OC(C)(C)C)o1. The van der Waals surface area contributed by atoms with Crippen LogP contribution in [0.5, 0.6) is 0 Å². The summed E-state index contributed by atoms with van der Waals surface area (Å²) in [6, 6.07) is 9.10. The van der Waals surface area contributed by atoms with Crippen molar-refractivity contribution in [3.8, 4) is 0 Å². The van der Waals surface area contributed by atoms with Gasteiger partial charge in [0, 0.05) is 12.0 Å². The Hall–Kier alpha value is -2.55. The van der Waals surface area contributed by atoms with Gasteiger partial charge in [0.2, 0.25) is 11.8 Å². The molecule has 164 valence electrons. The van der Waals surface area contributed by atoms with Crippen molar-refractivity contribution in [2.24, 2.45) is 0 Å². The summed E-state index contributed by atoms with van der Waals surface area (Å²) in [6.07, 6.45) is -0.114. The quantitative estimate of drug-likeness (QED) is 0.637. The van der Waals surface area contributed by atoms with E-state index in [4.69, 9.17) is 9.15 Å². The molecule has 2 amide bonds. The van der Waals surface area contributed by atoms with Crippen molar-refractivity contribution >= 4 is 23.8 Å². The molecule has 0 aliphatic carbocycles. The van der Waals surface area contributed by atoms with E-state index in [2.05, 4.69) is 20.8 Å². The highest BCUT2D eigenvalue weighted by atomic mass is 32.2. The van der Waals surface area contributed by atoms with E-state index in [0.29, 0.717) is 6.42 Å². The van der Waals surface area contributed by atoms with Crippen LogP contribution < -0.4 is 10.6 Å². The van der Waals surface area contributed by atoms with Crippen LogP contribution in [0.2, 0.25) is 0 Å². The molecule has 8 nitrogen and oxygen atoms in total. The van der Waals surface area contributed by atoms with Gasteiger partial charge in [-0.3, -0.25) is 4.79 Å². The number of aromatic nitrogens is 2. The molecule has 1 unspecified atom stereocenters. The van der Waals surface area contributed by atoms with E-state index in [1.807, 2.05) is 51.1 Å². The van der Waals surface area contributed by atoms with Crippen LogP contribution in [0.25, 0.3) is 0 Å². The van der Waals surface area contributed by atoms with Crippen LogP contribution in [-0.4, -0.2) is 39.1 Å². The lowest BCUT2D eigenvalue weighted by molar-refractivity contribution is -0.119. The number of carbonyl (C=O) groups excluding carboxylic acids is 2. The standard InChI is InChI=1S/C21H30N4O4S/c1-20(2,3)23-16(26)13-30-19-25-24-17(28-19)15(12-14-10-8-7-9-11-14)22-18(27)29-21(4,5)6/h7-11,15H,12-13H2,1-6H3,(H,22,27)(H,23,26). The number of nitrogens with one attached hydrogen (secondary N) is 2. The molecule has 9 heteroatoms. The van der Waals surface area contributed by atoms with Crippen molar-refractivity contribution in [1.82, 2.24) is 20.8 Å². The number of benzene rings is 1. The topological polar surface area (TPSA) is 106 Å². The Morgan fingerprint density at radius 2 is 1.77 bits per heavy atom. The van der Waals surface area contributed by atoms with Crippen molar-refractivity contribution in [2.75, 3.05) is 5.75 Å². The van der Waals surface area contributed by atoms with Gasteiger partial charge in [0.1, 0.15) is 11.6 Å². The lowest BCUT2D eigenvalue weighted by Crippen LogP contribution is -2.41. The van der Waals surface area contributed by atoms with Crippen molar-refractivity contribution in [3.05, 3.63) is 41.8 Å². The average Bonchev–Trinajstić information content (AvgIpc) is 3.06. The lowest BCUT2D eigenvalue weighted by Gasteiger charge is -2.22. The second-order valence-electron chi connectivity index (χ2n) is 8.88. The minimum absolute atomic E-state index is 0.125. The first-order valence-electron chi connectivity index (χ1n) is 9.72. The number of thioether (sulfide) groups is 1. The molecule has 2 aromatic rings. The largest absolute Gasteiger partial charge is 0.444 e. The van der Waals surface area contributed by atoms with Gasteiger partial charge in [-0.25, -0.2) is 4.79 Å².